The second-order valence-corrected chi connectivity index (χ2v) is 29.9. The maximum absolute atomic E-state index is 14.2. The lowest BCUT2D eigenvalue weighted by molar-refractivity contribution is -0.138. The Kier molecular flexibility index (Phi) is 11.7. The van der Waals surface area contributed by atoms with Crippen molar-refractivity contribution in [2.45, 2.75) is 50.5 Å². The zero-order chi connectivity index (χ0) is 54.8. The second kappa shape index (κ2) is 18.4. The van der Waals surface area contributed by atoms with Crippen molar-refractivity contribution < 1.29 is 26.3 Å². The minimum atomic E-state index is -4.51. The lowest BCUT2D eigenvalue weighted by Gasteiger charge is -2.33. The first-order chi connectivity index (χ1) is 37.9. The summed E-state index contributed by atoms with van der Waals surface area (Å²) in [5.41, 5.74) is 11.6. The van der Waals surface area contributed by atoms with Crippen LogP contribution in [0.5, 0.6) is 0 Å². The summed E-state index contributed by atoms with van der Waals surface area (Å²) in [5.74, 6) is 0. The predicted octanol–water partition coefficient (Wildman–Crippen LogP) is 19.1. The van der Waals surface area contributed by atoms with Gasteiger partial charge in [-0.25, -0.2) is 0 Å². The van der Waals surface area contributed by atoms with Gasteiger partial charge in [0.25, 0.3) is 0 Å². The van der Waals surface area contributed by atoms with E-state index in [0.29, 0.717) is 11.3 Å². The number of halogens is 6. The first-order valence-electron chi connectivity index (χ1n) is 26.5. The third kappa shape index (κ3) is 8.27. The summed E-state index contributed by atoms with van der Waals surface area (Å²) in [6.45, 7) is 11.3. The minimum absolute atomic E-state index is 0.585. The highest BCUT2D eigenvalue weighted by Crippen LogP contribution is 2.64. The van der Waals surface area contributed by atoms with E-state index in [1.54, 1.807) is 24.3 Å². The summed E-state index contributed by atoms with van der Waals surface area (Å²) in [5, 5.41) is 9.40. The van der Waals surface area contributed by atoms with Crippen LogP contribution in [0.15, 0.2) is 218 Å². The lowest BCUT2D eigenvalue weighted by Crippen LogP contribution is -2.37. The molecule has 1 nitrogen and oxygen atoms in total. The van der Waals surface area contributed by atoms with Crippen LogP contribution in [0.2, 0.25) is 32.7 Å². The molecule has 11 aromatic carbocycles. The van der Waals surface area contributed by atoms with E-state index in [-0.39, 0.29) is 0 Å². The van der Waals surface area contributed by atoms with E-state index in [0.717, 1.165) is 124 Å². The fourth-order valence-electron chi connectivity index (χ4n) is 12.5. The third-order valence-corrected chi connectivity index (χ3v) is 19.9. The molecule has 0 saturated heterocycles. The number of rotatable bonds is 8. The van der Waals surface area contributed by atoms with Gasteiger partial charge < -0.3 is 4.90 Å². The monoisotopic (exact) mass is 1080 g/mol. The van der Waals surface area contributed by atoms with Crippen LogP contribution in [0.4, 0.5) is 43.4 Å². The molecule has 13 rings (SSSR count). The van der Waals surface area contributed by atoms with Crippen molar-refractivity contribution in [3.8, 4) is 22.3 Å². The molecule has 1 spiro atoms. The normalized spacial score (nSPS) is 14.9. The fourth-order valence-corrected chi connectivity index (χ4v) is 14.5. The minimum Gasteiger partial charge on any atom is -0.310 e. The third-order valence-electron chi connectivity index (χ3n) is 16.4. The van der Waals surface area contributed by atoms with Gasteiger partial charge in [-0.1, -0.05) is 140 Å². The van der Waals surface area contributed by atoms with Crippen LogP contribution in [-0.4, -0.2) is 16.9 Å². The molecule has 0 aromatic heterocycles. The molecule has 2 aliphatic rings. The highest BCUT2D eigenvalue weighted by Gasteiger charge is 2.52. The molecule has 11 aromatic rings. The summed E-state index contributed by atoms with van der Waals surface area (Å²) in [6.07, 6.45) is -6.89. The summed E-state index contributed by atoms with van der Waals surface area (Å²) in [4.78, 5) is 2.05. The molecular weight excluding hydrogens is 1020 g/mol. The molecule has 389 valence electrons. The quantitative estimate of drug-likeness (QED) is 0.0634. The number of benzene rings is 11. The molecule has 1 unspecified atom stereocenters. The van der Waals surface area contributed by atoms with E-state index >= 15 is 0 Å². The van der Waals surface area contributed by atoms with Crippen LogP contribution in [-0.2, 0) is 17.8 Å². The van der Waals surface area contributed by atoms with Crippen molar-refractivity contribution in [3.05, 3.63) is 268 Å². The molecule has 0 amide bonds. The second-order valence-electron chi connectivity index (χ2n) is 22.3. The van der Waals surface area contributed by atoms with E-state index in [9.17, 15) is 26.3 Å². The molecule has 0 saturated carbocycles. The Hall–Kier alpha value is -8.25. The van der Waals surface area contributed by atoms with Crippen LogP contribution in [0.25, 0.3) is 66.2 Å². The molecule has 1 atom stereocenters. The average molecular weight is 1080 g/mol. The average Bonchev–Trinajstić information content (AvgIpc) is 3.72. The summed E-state index contributed by atoms with van der Waals surface area (Å²) >= 11 is 0. The highest BCUT2D eigenvalue weighted by molar-refractivity contribution is 6.88. The van der Waals surface area contributed by atoms with E-state index < -0.39 is 45.8 Å². The smallest absolute Gasteiger partial charge is 0.310 e. The SMILES string of the molecule is C[Si-](C)c1ccc(N(c2ccc(C(F)(F)F)cc2)c2ccc3c(c2)C2(c4ccccc4-c4cc5c6ccccc6c6ccccc6c5cc42)c2cc(C=C(c4ccc(C(F)(F)F)cc4)c4ccc([Si-](C)(C)C)cc4)ccc2-3)cc1. The van der Waals surface area contributed by atoms with E-state index in [2.05, 4.69) is 214 Å². The van der Waals surface area contributed by atoms with Gasteiger partial charge in [0.15, 0.2) is 0 Å². The highest BCUT2D eigenvalue weighted by atomic mass is 28.3. The van der Waals surface area contributed by atoms with Gasteiger partial charge >= 0.3 is 12.4 Å². The zero-order valence-electron chi connectivity index (χ0n) is 44.1. The maximum atomic E-state index is 14.2. The molecule has 0 heterocycles. The van der Waals surface area contributed by atoms with Crippen LogP contribution < -0.4 is 15.3 Å². The topological polar surface area (TPSA) is 3.24 Å². The Morgan fingerprint density at radius 2 is 0.861 bits per heavy atom. The number of alkyl halides is 6. The Morgan fingerprint density at radius 1 is 0.418 bits per heavy atom. The van der Waals surface area contributed by atoms with E-state index in [4.69, 9.17) is 0 Å². The van der Waals surface area contributed by atoms with Gasteiger partial charge in [-0.15, -0.1) is 8.07 Å². The number of nitrogens with zero attached hydrogens (tertiary/aromatic N) is 1. The predicted molar refractivity (Wildman–Crippen MR) is 320 cm³/mol. The van der Waals surface area contributed by atoms with E-state index in [1.807, 2.05) is 0 Å². The standard InChI is InChI=1S/C70H52F6NSi2/c1-78(2)51-32-29-49(30-33-51)77(48-27-25-47(26-28-48)70(74,75)76)50-31-37-59-58-36-18-43(38-60(44-19-23-46(24-20-44)69(71,72)73)45-21-34-52(35-22-45)79(3,4)5)39-65(58)68(66(59)40-50)64-17-11-10-16-57(64)63-41-61-55-14-8-6-12-53(55)54-13-7-9-15-56(54)62(61)42-67(63)68/h6-42H,1-5H3/q-2. The molecule has 9 heteroatoms. The van der Waals surface area contributed by atoms with Crippen molar-refractivity contribution in [1.82, 2.24) is 0 Å². The Balaban J connectivity index is 1.10. The van der Waals surface area contributed by atoms with Crippen molar-refractivity contribution in [2.75, 3.05) is 4.90 Å². The van der Waals surface area contributed by atoms with Gasteiger partial charge in [-0.2, -0.15) is 69.5 Å². The Labute approximate surface area is 458 Å². The fraction of sp³-hybridized carbons (Fsp3) is 0.114. The molecule has 0 N–H and O–H groups in total. The first-order valence-corrected chi connectivity index (χ1v) is 32.5. The van der Waals surface area contributed by atoms with Crippen molar-refractivity contribution in [3.63, 3.8) is 0 Å². The van der Waals surface area contributed by atoms with Crippen molar-refractivity contribution >= 4 is 88.3 Å². The number of fused-ring (bicyclic) bond motifs is 16. The van der Waals surface area contributed by atoms with Crippen LogP contribution in [0, 0.1) is 0 Å². The number of anilines is 3. The summed E-state index contributed by atoms with van der Waals surface area (Å²) in [6, 6.07) is 71.3. The van der Waals surface area contributed by atoms with Crippen LogP contribution in [0.3, 0.4) is 0 Å². The number of hydrogen-bond acceptors (Lipinski definition) is 1. The maximum Gasteiger partial charge on any atom is 0.416 e. The summed E-state index contributed by atoms with van der Waals surface area (Å²) < 4.78 is 84.7. The summed E-state index contributed by atoms with van der Waals surface area (Å²) in [7, 11) is -2.49. The molecular formula is C70H52F6NSi2-2. The van der Waals surface area contributed by atoms with Crippen molar-refractivity contribution in [1.29, 1.82) is 0 Å². The van der Waals surface area contributed by atoms with Gasteiger partial charge in [0.1, 0.15) is 0 Å². The van der Waals surface area contributed by atoms with Gasteiger partial charge in [-0.3, -0.25) is 8.80 Å². The lowest BCUT2D eigenvalue weighted by atomic mass is 9.70. The molecule has 79 heavy (non-hydrogen) atoms. The van der Waals surface area contributed by atoms with E-state index in [1.165, 1.54) is 15.8 Å². The first kappa shape index (κ1) is 50.3. The van der Waals surface area contributed by atoms with Gasteiger partial charge in [0, 0.05) is 17.1 Å². The number of hydrogen-bond donors (Lipinski definition) is 0. The molecule has 0 fully saturated rings. The molecule has 0 bridgehead atoms. The van der Waals surface area contributed by atoms with Gasteiger partial charge in [0.2, 0.25) is 0 Å². The van der Waals surface area contributed by atoms with Crippen LogP contribution in [0.1, 0.15) is 50.1 Å². The molecule has 2 aliphatic carbocycles. The largest absolute Gasteiger partial charge is 0.416 e. The van der Waals surface area contributed by atoms with Gasteiger partial charge in [-0.05, 0) is 184 Å². The Morgan fingerprint density at radius 3 is 1.42 bits per heavy atom. The van der Waals surface area contributed by atoms with Gasteiger partial charge in [0.05, 0.1) is 16.5 Å². The Bertz CT molecular complexity index is 4210. The molecule has 0 aliphatic heterocycles. The molecule has 0 radical (unpaired) electrons. The van der Waals surface area contributed by atoms with Crippen LogP contribution >= 0.6 is 0 Å². The van der Waals surface area contributed by atoms with Crippen molar-refractivity contribution in [2.24, 2.45) is 0 Å². The zero-order valence-corrected chi connectivity index (χ0v) is 46.1.